The van der Waals surface area contributed by atoms with Gasteiger partial charge in [0.1, 0.15) is 6.04 Å². The molecule has 1 heterocycles. The molecule has 1 unspecified atom stereocenters. The zero-order chi connectivity index (χ0) is 13.1. The van der Waals surface area contributed by atoms with Gasteiger partial charge in [-0.2, -0.15) is 13.2 Å². The van der Waals surface area contributed by atoms with Crippen LogP contribution in [0.1, 0.15) is 12.8 Å². The lowest BCUT2D eigenvalue weighted by atomic mass is 10.1. The van der Waals surface area contributed by atoms with E-state index in [9.17, 15) is 18.0 Å². The number of carbonyl (C=O) groups is 1. The van der Waals surface area contributed by atoms with Crippen LogP contribution in [-0.4, -0.2) is 61.2 Å². The second-order valence-corrected chi connectivity index (χ2v) is 4.27. The third kappa shape index (κ3) is 3.85. The molecule has 7 heteroatoms. The third-order valence-electron chi connectivity index (χ3n) is 2.96. The summed E-state index contributed by atoms with van der Waals surface area (Å²) in [4.78, 5) is 14.2. The third-order valence-corrected chi connectivity index (χ3v) is 2.96. The molecule has 1 rings (SSSR count). The molecular weight excluding hydrogens is 235 g/mol. The second-order valence-electron chi connectivity index (χ2n) is 4.27. The fourth-order valence-electron chi connectivity index (χ4n) is 1.99. The van der Waals surface area contributed by atoms with Crippen molar-refractivity contribution < 1.29 is 18.0 Å². The Hall–Kier alpha value is -0.820. The molecule has 1 aliphatic rings. The summed E-state index contributed by atoms with van der Waals surface area (Å²) in [5.74, 6) is -0.270. The number of hydrogen-bond donors (Lipinski definition) is 1. The summed E-state index contributed by atoms with van der Waals surface area (Å²) in [5.41, 5.74) is 5.21. The first-order chi connectivity index (χ1) is 7.86. The normalized spacial score (nSPS) is 21.5. The van der Waals surface area contributed by atoms with Crippen LogP contribution >= 0.6 is 0 Å². The molecule has 4 nitrogen and oxygen atoms in total. The van der Waals surface area contributed by atoms with Crippen LogP contribution in [-0.2, 0) is 4.79 Å². The molecule has 0 bridgehead atoms. The molecule has 1 saturated heterocycles. The van der Waals surface area contributed by atoms with Crippen molar-refractivity contribution >= 4 is 5.91 Å². The summed E-state index contributed by atoms with van der Waals surface area (Å²) < 4.78 is 38.5. The first kappa shape index (κ1) is 14.2. The Balaban J connectivity index is 2.76. The standard InChI is InChI=1S/C10H18F3N3O/c1-15-5-2-6-16(7-9(15)17)8(3-4-14)10(11,12)13/h8H,2-7,14H2,1H3. The van der Waals surface area contributed by atoms with Crippen LogP contribution in [0.4, 0.5) is 13.2 Å². The Morgan fingerprint density at radius 2 is 2.06 bits per heavy atom. The minimum atomic E-state index is -4.33. The van der Waals surface area contributed by atoms with Gasteiger partial charge < -0.3 is 10.6 Å². The summed E-state index contributed by atoms with van der Waals surface area (Å²) in [6.45, 7) is 0.564. The van der Waals surface area contributed by atoms with Crippen molar-refractivity contribution in [3.63, 3.8) is 0 Å². The molecule has 1 amide bonds. The summed E-state index contributed by atoms with van der Waals surface area (Å²) in [7, 11) is 1.61. The summed E-state index contributed by atoms with van der Waals surface area (Å²) in [6, 6.07) is -1.61. The van der Waals surface area contributed by atoms with E-state index in [1.165, 1.54) is 9.80 Å². The maximum absolute atomic E-state index is 12.8. The lowest BCUT2D eigenvalue weighted by Gasteiger charge is -2.31. The number of likely N-dealkylation sites (N-methyl/N-ethyl adjacent to an activating group) is 1. The van der Waals surface area contributed by atoms with Crippen LogP contribution in [0, 0.1) is 0 Å². The molecule has 0 radical (unpaired) electrons. The minimum absolute atomic E-state index is 0.0370. The molecule has 0 aromatic rings. The Bertz CT molecular complexity index is 270. The fourth-order valence-corrected chi connectivity index (χ4v) is 1.99. The molecule has 1 atom stereocenters. The number of alkyl halides is 3. The number of hydrogen-bond acceptors (Lipinski definition) is 3. The predicted molar refractivity (Wildman–Crippen MR) is 57.3 cm³/mol. The number of amides is 1. The number of halogens is 3. The molecule has 2 N–H and O–H groups in total. The molecule has 0 spiro atoms. The number of nitrogens with two attached hydrogens (primary N) is 1. The highest BCUT2D eigenvalue weighted by Crippen LogP contribution is 2.27. The molecule has 0 aromatic carbocycles. The van der Waals surface area contributed by atoms with E-state index in [0.717, 1.165) is 0 Å². The van der Waals surface area contributed by atoms with Crippen molar-refractivity contribution in [1.82, 2.24) is 9.80 Å². The van der Waals surface area contributed by atoms with Crippen molar-refractivity contribution in [2.24, 2.45) is 5.73 Å². The van der Waals surface area contributed by atoms with Gasteiger partial charge in [0.05, 0.1) is 6.54 Å². The molecule has 17 heavy (non-hydrogen) atoms. The van der Waals surface area contributed by atoms with Crippen LogP contribution in [0.25, 0.3) is 0 Å². The van der Waals surface area contributed by atoms with Crippen LogP contribution in [0.15, 0.2) is 0 Å². The van der Waals surface area contributed by atoms with E-state index in [2.05, 4.69) is 0 Å². The van der Waals surface area contributed by atoms with Gasteiger partial charge in [-0.3, -0.25) is 9.69 Å². The zero-order valence-corrected chi connectivity index (χ0v) is 9.83. The van der Waals surface area contributed by atoms with E-state index in [1.54, 1.807) is 7.05 Å². The van der Waals surface area contributed by atoms with Gasteiger partial charge in [-0.25, -0.2) is 0 Å². The van der Waals surface area contributed by atoms with Crippen molar-refractivity contribution in [3.8, 4) is 0 Å². The quantitative estimate of drug-likeness (QED) is 0.793. The SMILES string of the molecule is CN1CCCN(C(CCN)C(F)(F)F)CC1=O. The van der Waals surface area contributed by atoms with Crippen molar-refractivity contribution in [2.75, 3.05) is 33.2 Å². The van der Waals surface area contributed by atoms with E-state index >= 15 is 0 Å². The molecular formula is C10H18F3N3O. The van der Waals surface area contributed by atoms with Gasteiger partial charge in [-0.05, 0) is 19.4 Å². The van der Waals surface area contributed by atoms with Gasteiger partial charge in [0.15, 0.2) is 0 Å². The summed E-state index contributed by atoms with van der Waals surface area (Å²) in [6.07, 6.45) is -3.94. The number of carbonyl (C=O) groups excluding carboxylic acids is 1. The van der Waals surface area contributed by atoms with Gasteiger partial charge >= 0.3 is 6.18 Å². The average molecular weight is 253 g/mol. The monoisotopic (exact) mass is 253 g/mol. The Morgan fingerprint density at radius 3 is 2.59 bits per heavy atom. The summed E-state index contributed by atoms with van der Waals surface area (Å²) >= 11 is 0. The van der Waals surface area contributed by atoms with Crippen LogP contribution in [0.5, 0.6) is 0 Å². The second kappa shape index (κ2) is 5.68. The number of nitrogens with zero attached hydrogens (tertiary/aromatic N) is 2. The lowest BCUT2D eigenvalue weighted by Crippen LogP contribution is -2.49. The van der Waals surface area contributed by atoms with Crippen molar-refractivity contribution in [2.45, 2.75) is 25.1 Å². The topological polar surface area (TPSA) is 49.6 Å². The maximum Gasteiger partial charge on any atom is 0.404 e. The summed E-state index contributed by atoms with van der Waals surface area (Å²) in [5, 5.41) is 0. The first-order valence-corrected chi connectivity index (χ1v) is 5.61. The van der Waals surface area contributed by atoms with Gasteiger partial charge in [0.2, 0.25) is 5.91 Å². The number of rotatable bonds is 3. The van der Waals surface area contributed by atoms with Crippen LogP contribution in [0.2, 0.25) is 0 Å². The van der Waals surface area contributed by atoms with Crippen molar-refractivity contribution in [1.29, 1.82) is 0 Å². The smallest absolute Gasteiger partial charge is 0.345 e. The van der Waals surface area contributed by atoms with E-state index in [0.29, 0.717) is 13.0 Å². The first-order valence-electron chi connectivity index (χ1n) is 5.61. The lowest BCUT2D eigenvalue weighted by molar-refractivity contribution is -0.185. The Labute approximate surface area is 98.5 Å². The average Bonchev–Trinajstić information content (AvgIpc) is 2.37. The molecule has 0 saturated carbocycles. The minimum Gasteiger partial charge on any atom is -0.345 e. The molecule has 0 aliphatic carbocycles. The van der Waals surface area contributed by atoms with Gasteiger partial charge in [0, 0.05) is 20.1 Å². The van der Waals surface area contributed by atoms with Gasteiger partial charge in [-0.15, -0.1) is 0 Å². The van der Waals surface area contributed by atoms with Crippen LogP contribution in [0.3, 0.4) is 0 Å². The van der Waals surface area contributed by atoms with E-state index < -0.39 is 12.2 Å². The Kier molecular flexibility index (Phi) is 4.76. The fraction of sp³-hybridized carbons (Fsp3) is 0.900. The highest BCUT2D eigenvalue weighted by atomic mass is 19.4. The largest absolute Gasteiger partial charge is 0.404 e. The van der Waals surface area contributed by atoms with E-state index in [1.807, 2.05) is 0 Å². The predicted octanol–water partition coefficient (Wildman–Crippen LogP) is 0.430. The highest BCUT2D eigenvalue weighted by Gasteiger charge is 2.43. The maximum atomic E-state index is 12.8. The van der Waals surface area contributed by atoms with Gasteiger partial charge in [0.25, 0.3) is 0 Å². The Morgan fingerprint density at radius 1 is 1.41 bits per heavy atom. The van der Waals surface area contributed by atoms with E-state index in [4.69, 9.17) is 5.73 Å². The van der Waals surface area contributed by atoms with Crippen LogP contribution < -0.4 is 5.73 Å². The molecule has 100 valence electrons. The molecule has 0 aromatic heterocycles. The van der Waals surface area contributed by atoms with E-state index in [-0.39, 0.29) is 32.0 Å². The molecule has 1 aliphatic heterocycles. The zero-order valence-electron chi connectivity index (χ0n) is 9.83. The van der Waals surface area contributed by atoms with Gasteiger partial charge in [-0.1, -0.05) is 0 Å². The van der Waals surface area contributed by atoms with Crippen molar-refractivity contribution in [3.05, 3.63) is 0 Å². The molecule has 1 fully saturated rings. The highest BCUT2D eigenvalue weighted by molar-refractivity contribution is 5.78.